The van der Waals surface area contributed by atoms with Crippen LogP contribution >= 0.6 is 0 Å². The van der Waals surface area contributed by atoms with Crippen LogP contribution in [0.15, 0.2) is 48.4 Å². The predicted octanol–water partition coefficient (Wildman–Crippen LogP) is 4.11. The molecule has 0 spiro atoms. The lowest BCUT2D eigenvalue weighted by Crippen LogP contribution is -2.55. The van der Waals surface area contributed by atoms with Crippen LogP contribution < -0.4 is 5.32 Å². The van der Waals surface area contributed by atoms with Crippen molar-refractivity contribution in [2.75, 3.05) is 19.7 Å². The van der Waals surface area contributed by atoms with E-state index in [9.17, 15) is 4.39 Å². The number of halogens is 1. The van der Waals surface area contributed by atoms with Gasteiger partial charge in [0.2, 0.25) is 0 Å². The molecule has 5 unspecified atom stereocenters. The summed E-state index contributed by atoms with van der Waals surface area (Å²) in [5.74, 6) is 0.963. The van der Waals surface area contributed by atoms with Gasteiger partial charge in [-0.1, -0.05) is 49.6 Å². The van der Waals surface area contributed by atoms with Crippen molar-refractivity contribution in [2.24, 2.45) is 17.3 Å². The fourth-order valence-corrected chi connectivity index (χ4v) is 5.96. The molecule has 0 bridgehead atoms. The third-order valence-corrected chi connectivity index (χ3v) is 7.35. The highest BCUT2D eigenvalue weighted by molar-refractivity contribution is 5.35. The fourth-order valence-electron chi connectivity index (χ4n) is 5.96. The first-order valence-electron chi connectivity index (χ1n) is 10.8. The molecule has 3 fully saturated rings. The molecule has 5 aliphatic rings. The summed E-state index contributed by atoms with van der Waals surface area (Å²) in [5.41, 5.74) is 0.0751. The van der Waals surface area contributed by atoms with Gasteiger partial charge in [0, 0.05) is 24.5 Å². The number of nitrogens with zero attached hydrogens (tertiary/aromatic N) is 1. The van der Waals surface area contributed by atoms with E-state index in [1.165, 1.54) is 32.1 Å². The first-order chi connectivity index (χ1) is 13.3. The van der Waals surface area contributed by atoms with Crippen molar-refractivity contribution in [3.63, 3.8) is 0 Å². The molecule has 2 saturated carbocycles. The van der Waals surface area contributed by atoms with E-state index in [2.05, 4.69) is 40.6 Å². The van der Waals surface area contributed by atoms with Crippen molar-refractivity contribution in [1.82, 2.24) is 10.2 Å². The second-order valence-corrected chi connectivity index (χ2v) is 8.90. The van der Waals surface area contributed by atoms with Gasteiger partial charge in [-0.2, -0.15) is 0 Å². The van der Waals surface area contributed by atoms with Crippen LogP contribution in [-0.4, -0.2) is 42.9 Å². The van der Waals surface area contributed by atoms with Crippen LogP contribution in [0, 0.1) is 17.3 Å². The normalized spacial score (nSPS) is 40.5. The molecule has 1 N–H and O–H groups in total. The van der Waals surface area contributed by atoms with Crippen LogP contribution in [0.3, 0.4) is 0 Å². The predicted molar refractivity (Wildman–Crippen MR) is 106 cm³/mol. The topological polar surface area (TPSA) is 24.5 Å². The zero-order valence-electron chi connectivity index (χ0n) is 16.0. The third-order valence-electron chi connectivity index (χ3n) is 7.35. The van der Waals surface area contributed by atoms with Gasteiger partial charge in [0.1, 0.15) is 5.83 Å². The zero-order chi connectivity index (χ0) is 18.3. The van der Waals surface area contributed by atoms with Crippen molar-refractivity contribution < 1.29 is 9.13 Å². The Kier molecular flexibility index (Phi) is 4.83. The van der Waals surface area contributed by atoms with E-state index in [-0.39, 0.29) is 17.3 Å². The molecule has 0 amide bonds. The van der Waals surface area contributed by atoms with E-state index in [4.69, 9.17) is 4.74 Å². The molecule has 1 saturated heterocycles. The summed E-state index contributed by atoms with van der Waals surface area (Å²) in [6.45, 7) is 2.76. The number of nitrogens with one attached hydrogen (secondary N) is 1. The van der Waals surface area contributed by atoms with Crippen molar-refractivity contribution in [2.45, 2.75) is 56.8 Å². The van der Waals surface area contributed by atoms with Gasteiger partial charge >= 0.3 is 0 Å². The van der Waals surface area contributed by atoms with Crippen molar-refractivity contribution in [3.05, 3.63) is 48.4 Å². The van der Waals surface area contributed by atoms with E-state index >= 15 is 0 Å². The van der Waals surface area contributed by atoms with Gasteiger partial charge in [-0.15, -0.1) is 0 Å². The lowest BCUT2D eigenvalue weighted by atomic mass is 9.80. The minimum atomic E-state index is -0.0670. The van der Waals surface area contributed by atoms with Crippen LogP contribution in [0.25, 0.3) is 0 Å². The highest BCUT2D eigenvalue weighted by Gasteiger charge is 2.61. The Morgan fingerprint density at radius 2 is 2.11 bits per heavy atom. The zero-order valence-corrected chi connectivity index (χ0v) is 16.0. The fraction of sp³-hybridized carbons (Fsp3) is 0.652. The van der Waals surface area contributed by atoms with E-state index in [1.54, 1.807) is 6.08 Å². The summed E-state index contributed by atoms with van der Waals surface area (Å²) in [4.78, 5) is 2.69. The molecule has 5 atom stereocenters. The second-order valence-electron chi connectivity index (χ2n) is 8.90. The number of ether oxygens (including phenoxy) is 1. The minimum Gasteiger partial charge on any atom is -0.368 e. The number of fused-ring (bicyclic) bond motifs is 1. The van der Waals surface area contributed by atoms with Gasteiger partial charge < -0.3 is 4.74 Å². The maximum absolute atomic E-state index is 13.7. The van der Waals surface area contributed by atoms with E-state index < -0.39 is 0 Å². The number of allylic oxidation sites excluding steroid dienone is 5. The molecular weight excluding hydrogens is 339 g/mol. The molecule has 3 nitrogen and oxygen atoms in total. The van der Waals surface area contributed by atoms with Gasteiger partial charge in [-0.25, -0.2) is 4.39 Å². The van der Waals surface area contributed by atoms with Crippen LogP contribution in [-0.2, 0) is 4.74 Å². The Hall–Kier alpha value is -1.23. The lowest BCUT2D eigenvalue weighted by molar-refractivity contribution is -0.0250. The van der Waals surface area contributed by atoms with Crippen LogP contribution in [0.2, 0.25) is 0 Å². The van der Waals surface area contributed by atoms with Gasteiger partial charge in [0.25, 0.3) is 0 Å². The average Bonchev–Trinajstić information content (AvgIpc) is 3.32. The molecule has 3 aliphatic carbocycles. The maximum atomic E-state index is 13.7. The third kappa shape index (κ3) is 3.26. The van der Waals surface area contributed by atoms with Gasteiger partial charge in [-0.05, 0) is 43.3 Å². The Labute approximate surface area is 162 Å². The second kappa shape index (κ2) is 7.31. The lowest BCUT2D eigenvalue weighted by Gasteiger charge is -2.44. The number of hydrogen-bond acceptors (Lipinski definition) is 3. The van der Waals surface area contributed by atoms with Crippen molar-refractivity contribution in [1.29, 1.82) is 0 Å². The van der Waals surface area contributed by atoms with Crippen LogP contribution in [0.1, 0.15) is 38.5 Å². The summed E-state index contributed by atoms with van der Waals surface area (Å²) < 4.78 is 20.0. The molecule has 0 aromatic carbocycles. The molecule has 0 aromatic rings. The monoisotopic (exact) mass is 370 g/mol. The first kappa shape index (κ1) is 17.8. The van der Waals surface area contributed by atoms with E-state index in [1.807, 2.05) is 6.08 Å². The van der Waals surface area contributed by atoms with Gasteiger partial charge in [0.15, 0.2) is 0 Å². The number of hydrogen-bond donors (Lipinski definition) is 1. The number of rotatable bonds is 4. The molecule has 2 heterocycles. The highest BCUT2D eigenvalue weighted by atomic mass is 19.1. The van der Waals surface area contributed by atoms with Gasteiger partial charge in [0.05, 0.1) is 18.9 Å². The summed E-state index contributed by atoms with van der Waals surface area (Å²) in [6, 6.07) is 0.404. The minimum absolute atomic E-state index is 0.0670. The van der Waals surface area contributed by atoms with Crippen LogP contribution in [0.4, 0.5) is 4.39 Å². The molecule has 5 rings (SSSR count). The highest BCUT2D eigenvalue weighted by Crippen LogP contribution is 2.61. The molecule has 4 heteroatoms. The quantitative estimate of drug-likeness (QED) is 0.806. The molecule has 27 heavy (non-hydrogen) atoms. The average molecular weight is 371 g/mol. The van der Waals surface area contributed by atoms with E-state index in [0.29, 0.717) is 30.7 Å². The van der Waals surface area contributed by atoms with Crippen molar-refractivity contribution in [3.8, 4) is 0 Å². The van der Waals surface area contributed by atoms with Gasteiger partial charge in [-0.3, -0.25) is 10.2 Å². The smallest absolute Gasteiger partial charge is 0.119 e. The molecule has 2 aliphatic heterocycles. The Morgan fingerprint density at radius 1 is 1.22 bits per heavy atom. The standard InChI is InChI=1S/C23H31FN2O/c24-19-10-11-23(16-18(23)15-19)22-25-12-13-26(22)21(17-7-3-1-4-8-17)20-9-5-2-6-14-27-20/h2,5-6,9-11,15,17-18,20-22,25H,1,3-4,7-8,12-14,16H2. The van der Waals surface area contributed by atoms with E-state index in [0.717, 1.165) is 19.5 Å². The Balaban J connectivity index is 1.43. The molecule has 0 aromatic heterocycles. The Bertz CT molecular complexity index is 678. The molecular formula is C23H31FN2O. The van der Waals surface area contributed by atoms with Crippen LogP contribution in [0.5, 0.6) is 0 Å². The Morgan fingerprint density at radius 3 is 2.96 bits per heavy atom. The summed E-state index contributed by atoms with van der Waals surface area (Å²) >= 11 is 0. The van der Waals surface area contributed by atoms with Crippen molar-refractivity contribution >= 4 is 0 Å². The molecule has 146 valence electrons. The largest absolute Gasteiger partial charge is 0.368 e. The summed E-state index contributed by atoms with van der Waals surface area (Å²) in [6.07, 6.45) is 22.4. The maximum Gasteiger partial charge on any atom is 0.119 e. The summed E-state index contributed by atoms with van der Waals surface area (Å²) in [5, 5.41) is 3.78. The summed E-state index contributed by atoms with van der Waals surface area (Å²) in [7, 11) is 0. The molecule has 0 radical (unpaired) electrons. The SMILES string of the molecule is FC1=CC2CC2(C2NCCN2C(C2CCCCC2)C2C=CC=CCO2)C=C1. The first-order valence-corrected chi connectivity index (χ1v) is 10.8.